The molecule has 0 saturated heterocycles. The third-order valence-corrected chi connectivity index (χ3v) is 5.51. The number of alkyl halides is 3. The van der Waals surface area contributed by atoms with Crippen molar-refractivity contribution in [2.45, 2.75) is 18.8 Å². The van der Waals surface area contributed by atoms with E-state index < -0.39 is 65.2 Å². The maximum absolute atomic E-state index is 13.3. The number of aliphatic hydroxyl groups excluding tert-OH is 1. The van der Waals surface area contributed by atoms with Crippen LogP contribution in [0.5, 0.6) is 0 Å². The minimum Gasteiger partial charge on any atom is -0.505 e. The number of carbonyl (C=O) groups is 3. The first-order chi connectivity index (χ1) is 16.0. The minimum atomic E-state index is -4.65. The van der Waals surface area contributed by atoms with Crippen LogP contribution < -0.4 is 5.32 Å². The number of fused-ring (bicyclic) bond motifs is 3. The summed E-state index contributed by atoms with van der Waals surface area (Å²) in [5.41, 5.74) is -1.38. The maximum atomic E-state index is 13.3. The molecule has 1 aliphatic carbocycles. The second-order valence-electron chi connectivity index (χ2n) is 7.73. The molecule has 0 aromatic heterocycles. The zero-order valence-electron chi connectivity index (χ0n) is 17.2. The summed E-state index contributed by atoms with van der Waals surface area (Å²) in [5.74, 6) is -5.59. The number of rotatable bonds is 5. The number of allylic oxidation sites excluding steroid dienone is 2. The number of carboxylic acids is 1. The van der Waals surface area contributed by atoms with Gasteiger partial charge < -0.3 is 15.5 Å². The lowest BCUT2D eigenvalue weighted by Crippen LogP contribution is -2.55. The van der Waals surface area contributed by atoms with Gasteiger partial charge in [-0.3, -0.25) is 19.4 Å². The number of halogens is 4. The molecule has 0 radical (unpaired) electrons. The topological polar surface area (TPSA) is 110 Å². The Morgan fingerprint density at radius 2 is 1.79 bits per heavy atom. The molecular weight excluding hydrogens is 462 g/mol. The standard InChI is InChI=1S/C22H17F4N3O5/c23-14-5-1-11(2-6-14)10-28-21(34)18(20(33)27-9-17(30)31)19(32)16-7-12-3-4-13(22(24,25)26)8-15(12)29(16)28/h1-8,12,15,32H,9-10H2,(H,27,33)(H,30,31). The van der Waals surface area contributed by atoms with Crippen molar-refractivity contribution >= 4 is 17.8 Å². The lowest BCUT2D eigenvalue weighted by Gasteiger charge is -2.43. The molecule has 2 unspecified atom stereocenters. The molecule has 34 heavy (non-hydrogen) atoms. The predicted molar refractivity (Wildman–Crippen MR) is 108 cm³/mol. The molecule has 3 aliphatic rings. The molecule has 2 heterocycles. The third kappa shape index (κ3) is 4.14. The van der Waals surface area contributed by atoms with Gasteiger partial charge in [0.05, 0.1) is 23.9 Å². The average molecular weight is 479 g/mol. The van der Waals surface area contributed by atoms with E-state index in [9.17, 15) is 37.1 Å². The average Bonchev–Trinajstić information content (AvgIpc) is 3.15. The molecule has 1 aromatic carbocycles. The van der Waals surface area contributed by atoms with Gasteiger partial charge in [-0.1, -0.05) is 24.3 Å². The van der Waals surface area contributed by atoms with Crippen LogP contribution in [-0.4, -0.2) is 56.8 Å². The Labute approximate surface area is 189 Å². The number of hydrazine groups is 1. The zero-order chi connectivity index (χ0) is 24.8. The number of aliphatic hydroxyl groups is 1. The number of hydrogen-bond acceptors (Lipinski definition) is 5. The fourth-order valence-electron chi connectivity index (χ4n) is 3.97. The van der Waals surface area contributed by atoms with Gasteiger partial charge in [-0.05, 0) is 29.8 Å². The van der Waals surface area contributed by atoms with Crippen LogP contribution >= 0.6 is 0 Å². The van der Waals surface area contributed by atoms with Crippen molar-refractivity contribution in [1.82, 2.24) is 15.3 Å². The number of nitrogens with one attached hydrogen (secondary N) is 1. The first-order valence-corrected chi connectivity index (χ1v) is 9.95. The van der Waals surface area contributed by atoms with Gasteiger partial charge in [0, 0.05) is 5.92 Å². The van der Waals surface area contributed by atoms with Gasteiger partial charge in [-0.25, -0.2) is 9.40 Å². The predicted octanol–water partition coefficient (Wildman–Crippen LogP) is 2.34. The number of hydrogen-bond donors (Lipinski definition) is 3. The van der Waals surface area contributed by atoms with E-state index in [0.717, 1.165) is 34.3 Å². The molecule has 3 N–H and O–H groups in total. The van der Waals surface area contributed by atoms with Gasteiger partial charge in [-0.15, -0.1) is 0 Å². The largest absolute Gasteiger partial charge is 0.505 e. The second kappa shape index (κ2) is 8.36. The minimum absolute atomic E-state index is 0.0819. The highest BCUT2D eigenvalue weighted by Gasteiger charge is 2.48. The molecule has 0 fully saturated rings. The van der Waals surface area contributed by atoms with E-state index in [1.54, 1.807) is 0 Å². The van der Waals surface area contributed by atoms with Crippen molar-refractivity contribution in [3.8, 4) is 0 Å². The summed E-state index contributed by atoms with van der Waals surface area (Å²) < 4.78 is 53.4. The molecule has 178 valence electrons. The molecule has 0 spiro atoms. The van der Waals surface area contributed by atoms with E-state index in [0.29, 0.717) is 5.56 Å². The Morgan fingerprint density at radius 3 is 2.41 bits per heavy atom. The summed E-state index contributed by atoms with van der Waals surface area (Å²) in [4.78, 5) is 36.6. The van der Waals surface area contributed by atoms with E-state index in [-0.39, 0.29) is 12.2 Å². The molecule has 2 atom stereocenters. The fraction of sp³-hybridized carbons (Fsp3) is 0.227. The van der Waals surface area contributed by atoms with Gasteiger partial charge in [0.15, 0.2) is 5.76 Å². The molecule has 12 heteroatoms. The van der Waals surface area contributed by atoms with Crippen molar-refractivity contribution in [3.05, 3.63) is 82.6 Å². The molecule has 4 rings (SSSR count). The van der Waals surface area contributed by atoms with Crippen LogP contribution in [-0.2, 0) is 20.9 Å². The highest BCUT2D eigenvalue weighted by Crippen LogP contribution is 2.43. The van der Waals surface area contributed by atoms with Crippen molar-refractivity contribution in [2.75, 3.05) is 6.54 Å². The van der Waals surface area contributed by atoms with Crippen molar-refractivity contribution in [3.63, 3.8) is 0 Å². The second-order valence-corrected chi connectivity index (χ2v) is 7.73. The number of nitrogens with zero attached hydrogens (tertiary/aromatic N) is 2. The van der Waals surface area contributed by atoms with Crippen LogP contribution in [0.15, 0.2) is 71.2 Å². The summed E-state index contributed by atoms with van der Waals surface area (Å²) in [6.07, 6.45) is -0.150. The molecule has 8 nitrogen and oxygen atoms in total. The zero-order valence-corrected chi connectivity index (χ0v) is 17.2. The lowest BCUT2D eigenvalue weighted by atomic mass is 9.93. The van der Waals surface area contributed by atoms with Crippen molar-refractivity contribution in [1.29, 1.82) is 0 Å². The molecule has 1 aromatic rings. The number of benzene rings is 1. The number of amides is 2. The van der Waals surface area contributed by atoms with E-state index in [4.69, 9.17) is 5.11 Å². The maximum Gasteiger partial charge on any atom is 0.416 e. The SMILES string of the molecule is O=C(O)CNC(=O)C1=C(O)C2=CC3C=CC(C(F)(F)F)=CC3N2N(Cc2ccc(F)cc2)C1=O. The smallest absolute Gasteiger partial charge is 0.416 e. The summed E-state index contributed by atoms with van der Waals surface area (Å²) in [7, 11) is 0. The third-order valence-electron chi connectivity index (χ3n) is 5.51. The van der Waals surface area contributed by atoms with Gasteiger partial charge in [-0.2, -0.15) is 13.2 Å². The lowest BCUT2D eigenvalue weighted by molar-refractivity contribution is -0.149. The van der Waals surface area contributed by atoms with E-state index in [2.05, 4.69) is 0 Å². The quantitative estimate of drug-likeness (QED) is 0.442. The van der Waals surface area contributed by atoms with Crippen LogP contribution in [0.1, 0.15) is 5.56 Å². The number of carboxylic acid groups (broad SMARTS) is 1. The Hall–Kier alpha value is -4.09. The molecule has 2 amide bonds. The monoisotopic (exact) mass is 479 g/mol. The van der Waals surface area contributed by atoms with E-state index >= 15 is 0 Å². The first kappa shape index (κ1) is 23.1. The molecule has 2 aliphatic heterocycles. The molecule has 0 saturated carbocycles. The van der Waals surface area contributed by atoms with Crippen molar-refractivity contribution < 1.29 is 42.2 Å². The van der Waals surface area contributed by atoms with Crippen molar-refractivity contribution in [2.24, 2.45) is 5.92 Å². The first-order valence-electron chi connectivity index (χ1n) is 9.95. The normalized spacial score (nSPS) is 21.7. The van der Waals surface area contributed by atoms with Gasteiger partial charge in [0.2, 0.25) is 0 Å². The summed E-state index contributed by atoms with van der Waals surface area (Å²) in [6.45, 7) is -1.09. The highest BCUT2D eigenvalue weighted by atomic mass is 19.4. The van der Waals surface area contributed by atoms with Gasteiger partial charge in [0.1, 0.15) is 17.9 Å². The van der Waals surface area contributed by atoms with Crippen LogP contribution in [0.3, 0.4) is 0 Å². The molecular formula is C22H17F4N3O5. The van der Waals surface area contributed by atoms with Crippen LogP contribution in [0.4, 0.5) is 17.6 Å². The van der Waals surface area contributed by atoms with E-state index in [1.165, 1.54) is 24.3 Å². The number of carbonyl (C=O) groups excluding carboxylic acids is 2. The van der Waals surface area contributed by atoms with E-state index in [1.807, 2.05) is 5.32 Å². The molecule has 0 bridgehead atoms. The summed E-state index contributed by atoms with van der Waals surface area (Å²) in [6, 6.07) is 3.95. The Bertz CT molecular complexity index is 1180. The Morgan fingerprint density at radius 1 is 1.12 bits per heavy atom. The van der Waals surface area contributed by atoms with Gasteiger partial charge in [0.25, 0.3) is 11.8 Å². The highest BCUT2D eigenvalue weighted by molar-refractivity contribution is 6.20. The van der Waals surface area contributed by atoms with Crippen LogP contribution in [0, 0.1) is 11.7 Å². The Balaban J connectivity index is 1.78. The fourth-order valence-corrected chi connectivity index (χ4v) is 3.97. The Kier molecular flexibility index (Phi) is 5.67. The summed E-state index contributed by atoms with van der Waals surface area (Å²) >= 11 is 0. The van der Waals surface area contributed by atoms with Crippen LogP contribution in [0.2, 0.25) is 0 Å². The summed E-state index contributed by atoms with van der Waals surface area (Å²) in [5, 5.41) is 23.7. The van der Waals surface area contributed by atoms with Gasteiger partial charge >= 0.3 is 12.1 Å². The number of aliphatic carboxylic acids is 1. The van der Waals surface area contributed by atoms with Crippen LogP contribution in [0.25, 0.3) is 0 Å².